The third-order valence-corrected chi connectivity index (χ3v) is 1.91. The first-order valence-electron chi connectivity index (χ1n) is 4.56. The van der Waals surface area contributed by atoms with Crippen LogP contribution in [-0.2, 0) is 4.74 Å². The highest BCUT2D eigenvalue weighted by molar-refractivity contribution is 5.89. The minimum absolute atomic E-state index is 0.0694. The van der Waals surface area contributed by atoms with Gasteiger partial charge >= 0.3 is 5.97 Å². The highest BCUT2D eigenvalue weighted by Crippen LogP contribution is 2.06. The van der Waals surface area contributed by atoms with Gasteiger partial charge in [-0.25, -0.2) is 9.78 Å². The van der Waals surface area contributed by atoms with Gasteiger partial charge in [-0.05, 0) is 25.5 Å². The number of pyridine rings is 1. The molecule has 0 aromatic carbocycles. The number of carbonyl (C=O) groups excluding carboxylic acids is 1. The number of ether oxygens (including phenoxy) is 1. The van der Waals surface area contributed by atoms with Gasteiger partial charge in [0.2, 0.25) is 0 Å². The van der Waals surface area contributed by atoms with Gasteiger partial charge in [-0.1, -0.05) is 6.92 Å². The van der Waals surface area contributed by atoms with Gasteiger partial charge in [0, 0.05) is 6.20 Å². The topological polar surface area (TPSA) is 65.2 Å². The maximum Gasteiger partial charge on any atom is 0.339 e. The normalized spacial score (nSPS) is 12.1. The van der Waals surface area contributed by atoms with Gasteiger partial charge in [0.25, 0.3) is 0 Å². The summed E-state index contributed by atoms with van der Waals surface area (Å²) in [5, 5.41) is 0. The van der Waals surface area contributed by atoms with Crippen LogP contribution in [0.4, 0.5) is 5.82 Å². The highest BCUT2D eigenvalue weighted by Gasteiger charge is 2.10. The van der Waals surface area contributed by atoms with Gasteiger partial charge in [-0.2, -0.15) is 0 Å². The number of esters is 1. The number of rotatable bonds is 3. The summed E-state index contributed by atoms with van der Waals surface area (Å²) in [5.41, 5.74) is 5.82. The lowest BCUT2D eigenvalue weighted by Crippen LogP contribution is -2.14. The Morgan fingerprint density at radius 1 is 1.64 bits per heavy atom. The van der Waals surface area contributed by atoms with Crippen LogP contribution in [-0.4, -0.2) is 17.1 Å². The summed E-state index contributed by atoms with van der Waals surface area (Å²) < 4.78 is 5.11. The molecule has 2 N–H and O–H groups in total. The second-order valence-corrected chi connectivity index (χ2v) is 3.10. The van der Waals surface area contributed by atoms with Crippen molar-refractivity contribution in [3.63, 3.8) is 0 Å². The van der Waals surface area contributed by atoms with E-state index in [4.69, 9.17) is 10.5 Å². The van der Waals surface area contributed by atoms with E-state index in [1.807, 2.05) is 13.8 Å². The fraction of sp³-hybridized carbons (Fsp3) is 0.400. The van der Waals surface area contributed by atoms with E-state index >= 15 is 0 Å². The van der Waals surface area contributed by atoms with Crippen molar-refractivity contribution in [2.75, 3.05) is 5.73 Å². The predicted octanol–water partition coefficient (Wildman–Crippen LogP) is 1.62. The second kappa shape index (κ2) is 4.60. The van der Waals surface area contributed by atoms with Crippen molar-refractivity contribution in [3.05, 3.63) is 23.9 Å². The number of nitrogens with two attached hydrogens (primary N) is 1. The van der Waals surface area contributed by atoms with Gasteiger partial charge in [0.05, 0.1) is 11.7 Å². The van der Waals surface area contributed by atoms with Crippen molar-refractivity contribution in [1.29, 1.82) is 0 Å². The van der Waals surface area contributed by atoms with Crippen LogP contribution >= 0.6 is 0 Å². The number of nitrogen functional groups attached to an aromatic ring is 1. The van der Waals surface area contributed by atoms with Crippen molar-refractivity contribution < 1.29 is 9.53 Å². The molecule has 1 heterocycles. The largest absolute Gasteiger partial charge is 0.459 e. The molecule has 0 saturated heterocycles. The van der Waals surface area contributed by atoms with E-state index in [0.29, 0.717) is 11.4 Å². The standard InChI is InChI=1S/C10H14N2O2/c1-3-7(2)14-10(13)8-4-5-9(11)12-6-8/h4-7H,3H2,1-2H3,(H2,11,12). The zero-order valence-electron chi connectivity index (χ0n) is 8.36. The first-order valence-corrected chi connectivity index (χ1v) is 4.56. The molecule has 1 atom stereocenters. The first kappa shape index (κ1) is 10.5. The van der Waals surface area contributed by atoms with E-state index in [-0.39, 0.29) is 12.1 Å². The summed E-state index contributed by atoms with van der Waals surface area (Å²) in [7, 11) is 0. The van der Waals surface area contributed by atoms with Crippen LogP contribution in [0.5, 0.6) is 0 Å². The average Bonchev–Trinajstić information content (AvgIpc) is 2.18. The molecule has 0 radical (unpaired) electrons. The number of hydrogen-bond donors (Lipinski definition) is 1. The molecule has 0 aliphatic rings. The minimum Gasteiger partial charge on any atom is -0.459 e. The Labute approximate surface area is 83.1 Å². The molecule has 1 unspecified atom stereocenters. The monoisotopic (exact) mass is 194 g/mol. The molecule has 1 aromatic heterocycles. The van der Waals surface area contributed by atoms with Gasteiger partial charge in [0.1, 0.15) is 5.82 Å². The molecule has 0 spiro atoms. The summed E-state index contributed by atoms with van der Waals surface area (Å²) in [5.74, 6) is 0.0388. The second-order valence-electron chi connectivity index (χ2n) is 3.10. The van der Waals surface area contributed by atoms with E-state index in [2.05, 4.69) is 4.98 Å². The summed E-state index contributed by atoms with van der Waals surface area (Å²) in [4.78, 5) is 15.2. The lowest BCUT2D eigenvalue weighted by molar-refractivity contribution is 0.0334. The summed E-state index contributed by atoms with van der Waals surface area (Å²) in [6.45, 7) is 3.81. The number of anilines is 1. The van der Waals surface area contributed by atoms with Crippen molar-refractivity contribution in [2.45, 2.75) is 26.4 Å². The van der Waals surface area contributed by atoms with Gasteiger partial charge in [0.15, 0.2) is 0 Å². The Morgan fingerprint density at radius 3 is 2.86 bits per heavy atom. The van der Waals surface area contributed by atoms with Crippen molar-refractivity contribution in [3.8, 4) is 0 Å². The molecule has 0 amide bonds. The predicted molar refractivity (Wildman–Crippen MR) is 53.8 cm³/mol. The maximum absolute atomic E-state index is 11.4. The smallest absolute Gasteiger partial charge is 0.339 e. The van der Waals surface area contributed by atoms with Gasteiger partial charge in [-0.15, -0.1) is 0 Å². The van der Waals surface area contributed by atoms with Crippen LogP contribution in [0.1, 0.15) is 30.6 Å². The summed E-state index contributed by atoms with van der Waals surface area (Å²) in [6, 6.07) is 3.18. The van der Waals surface area contributed by atoms with E-state index in [1.165, 1.54) is 6.20 Å². The Balaban J connectivity index is 2.65. The minimum atomic E-state index is -0.355. The fourth-order valence-electron chi connectivity index (χ4n) is 0.860. The number of nitrogens with zero attached hydrogens (tertiary/aromatic N) is 1. The number of carbonyl (C=O) groups is 1. The van der Waals surface area contributed by atoms with Crippen LogP contribution in [0.2, 0.25) is 0 Å². The van der Waals surface area contributed by atoms with Gasteiger partial charge < -0.3 is 10.5 Å². The Bertz CT molecular complexity index is 308. The molecule has 76 valence electrons. The first-order chi connectivity index (χ1) is 6.63. The third-order valence-electron chi connectivity index (χ3n) is 1.91. The Morgan fingerprint density at radius 2 is 2.36 bits per heavy atom. The molecule has 4 heteroatoms. The molecule has 0 bridgehead atoms. The Kier molecular flexibility index (Phi) is 3.45. The van der Waals surface area contributed by atoms with Crippen LogP contribution < -0.4 is 5.73 Å². The number of hydrogen-bond acceptors (Lipinski definition) is 4. The molecule has 1 rings (SSSR count). The summed E-state index contributed by atoms with van der Waals surface area (Å²) >= 11 is 0. The lowest BCUT2D eigenvalue weighted by Gasteiger charge is -2.10. The SMILES string of the molecule is CCC(C)OC(=O)c1ccc(N)nc1. The molecule has 1 aromatic rings. The van der Waals surface area contributed by atoms with Gasteiger partial charge in [-0.3, -0.25) is 0 Å². The molecular weight excluding hydrogens is 180 g/mol. The zero-order valence-corrected chi connectivity index (χ0v) is 8.36. The average molecular weight is 194 g/mol. The Hall–Kier alpha value is -1.58. The molecule has 4 nitrogen and oxygen atoms in total. The molecule has 0 aliphatic carbocycles. The maximum atomic E-state index is 11.4. The van der Waals surface area contributed by atoms with E-state index < -0.39 is 0 Å². The van der Waals surface area contributed by atoms with Crippen LogP contribution in [0, 0.1) is 0 Å². The van der Waals surface area contributed by atoms with E-state index in [1.54, 1.807) is 12.1 Å². The fourth-order valence-corrected chi connectivity index (χ4v) is 0.860. The molecule has 0 saturated carbocycles. The van der Waals surface area contributed by atoms with E-state index in [0.717, 1.165) is 6.42 Å². The molecule has 0 fully saturated rings. The summed E-state index contributed by atoms with van der Waals surface area (Å²) in [6.07, 6.45) is 2.15. The lowest BCUT2D eigenvalue weighted by atomic mass is 10.2. The van der Waals surface area contributed by atoms with Crippen molar-refractivity contribution in [2.24, 2.45) is 0 Å². The molecule has 14 heavy (non-hydrogen) atoms. The van der Waals surface area contributed by atoms with Crippen LogP contribution in [0.15, 0.2) is 18.3 Å². The van der Waals surface area contributed by atoms with E-state index in [9.17, 15) is 4.79 Å². The highest BCUT2D eigenvalue weighted by atomic mass is 16.5. The zero-order chi connectivity index (χ0) is 10.6. The quantitative estimate of drug-likeness (QED) is 0.742. The van der Waals surface area contributed by atoms with Crippen LogP contribution in [0.25, 0.3) is 0 Å². The van der Waals surface area contributed by atoms with Crippen molar-refractivity contribution >= 4 is 11.8 Å². The number of aromatic nitrogens is 1. The molecule has 0 aliphatic heterocycles. The molecular formula is C10H14N2O2. The third kappa shape index (κ3) is 2.73. The van der Waals surface area contributed by atoms with Crippen molar-refractivity contribution in [1.82, 2.24) is 4.98 Å². The van der Waals surface area contributed by atoms with Crippen LogP contribution in [0.3, 0.4) is 0 Å².